The first-order valence-corrected chi connectivity index (χ1v) is 7.78. The first-order chi connectivity index (χ1) is 11.5. The smallest absolute Gasteiger partial charge is 0.311 e. The summed E-state index contributed by atoms with van der Waals surface area (Å²) in [4.78, 5) is 11.7. The Morgan fingerprint density at radius 2 is 1.88 bits per heavy atom. The molecule has 128 valence electrons. The molecule has 2 rings (SSSR count). The van der Waals surface area contributed by atoms with E-state index in [1.807, 2.05) is 19.9 Å². The Morgan fingerprint density at radius 3 is 2.42 bits per heavy atom. The van der Waals surface area contributed by atoms with Crippen LogP contribution in [0.25, 0.3) is 0 Å². The van der Waals surface area contributed by atoms with Crippen molar-refractivity contribution in [3.8, 4) is 17.2 Å². The third kappa shape index (κ3) is 3.98. The number of aliphatic carboxylic acids is 1. The molecule has 0 aliphatic heterocycles. The molecule has 5 nitrogen and oxygen atoms in total. The molecular formula is C19H22O5. The monoisotopic (exact) mass is 330 g/mol. The summed E-state index contributed by atoms with van der Waals surface area (Å²) in [7, 11) is 1.47. The van der Waals surface area contributed by atoms with Gasteiger partial charge < -0.3 is 19.7 Å². The number of benzene rings is 2. The molecule has 0 heterocycles. The van der Waals surface area contributed by atoms with Crippen LogP contribution in [0.3, 0.4) is 0 Å². The van der Waals surface area contributed by atoms with Crippen LogP contribution < -0.4 is 9.47 Å². The van der Waals surface area contributed by atoms with E-state index in [1.165, 1.54) is 13.2 Å². The number of ether oxygens (including phenoxy) is 2. The molecule has 0 aromatic heterocycles. The van der Waals surface area contributed by atoms with Crippen molar-refractivity contribution in [3.05, 3.63) is 53.1 Å². The highest BCUT2D eigenvalue weighted by Crippen LogP contribution is 2.31. The Morgan fingerprint density at radius 1 is 1.17 bits per heavy atom. The molecule has 24 heavy (non-hydrogen) atoms. The molecule has 0 aliphatic rings. The van der Waals surface area contributed by atoms with Crippen LogP contribution in [0.15, 0.2) is 36.4 Å². The first kappa shape index (κ1) is 17.7. The van der Waals surface area contributed by atoms with E-state index in [2.05, 4.69) is 0 Å². The van der Waals surface area contributed by atoms with Crippen molar-refractivity contribution in [2.24, 2.45) is 0 Å². The van der Waals surface area contributed by atoms with Crippen molar-refractivity contribution in [2.45, 2.75) is 26.2 Å². The van der Waals surface area contributed by atoms with Gasteiger partial charge in [0.05, 0.1) is 19.6 Å². The zero-order valence-corrected chi connectivity index (χ0v) is 14.1. The summed E-state index contributed by atoms with van der Waals surface area (Å²) in [5, 5.41) is 19.5. The number of carboxylic acids is 1. The van der Waals surface area contributed by atoms with Crippen molar-refractivity contribution in [1.82, 2.24) is 0 Å². The third-order valence-electron chi connectivity index (χ3n) is 3.88. The summed E-state index contributed by atoms with van der Waals surface area (Å²) in [5.41, 5.74) is 2.34. The van der Waals surface area contributed by atoms with Crippen LogP contribution in [0.4, 0.5) is 0 Å². The quantitative estimate of drug-likeness (QED) is 0.812. The zero-order valence-electron chi connectivity index (χ0n) is 14.1. The lowest BCUT2D eigenvalue weighted by Gasteiger charge is -2.16. The number of hydrogen-bond acceptors (Lipinski definition) is 4. The van der Waals surface area contributed by atoms with Gasteiger partial charge in [0, 0.05) is 0 Å². The van der Waals surface area contributed by atoms with Crippen molar-refractivity contribution in [3.63, 3.8) is 0 Å². The highest BCUT2D eigenvalue weighted by molar-refractivity contribution is 5.76. The number of phenols is 1. The fourth-order valence-electron chi connectivity index (χ4n) is 2.65. The molecule has 2 aromatic rings. The Kier molecular flexibility index (Phi) is 5.68. The largest absolute Gasteiger partial charge is 0.504 e. The summed E-state index contributed by atoms with van der Waals surface area (Å²) < 4.78 is 10.5. The zero-order chi connectivity index (χ0) is 17.7. The minimum Gasteiger partial charge on any atom is -0.504 e. The van der Waals surface area contributed by atoms with Gasteiger partial charge in [-0.3, -0.25) is 4.79 Å². The van der Waals surface area contributed by atoms with Crippen LogP contribution in [0.1, 0.15) is 29.5 Å². The predicted molar refractivity (Wildman–Crippen MR) is 91.1 cm³/mol. The van der Waals surface area contributed by atoms with Crippen LogP contribution in [-0.4, -0.2) is 29.9 Å². The molecule has 0 aliphatic carbocycles. The molecule has 0 radical (unpaired) electrons. The third-order valence-corrected chi connectivity index (χ3v) is 3.88. The van der Waals surface area contributed by atoms with Crippen molar-refractivity contribution in [1.29, 1.82) is 0 Å². The molecule has 2 N–H and O–H groups in total. The molecule has 0 amide bonds. The Labute approximate surface area is 141 Å². The minimum atomic E-state index is -0.908. The van der Waals surface area contributed by atoms with E-state index in [0.717, 1.165) is 16.9 Å². The standard InChI is InChI=1S/C19H22O5/c1-4-24-17-8-6-14(9-12(17)2)15(19(21)22)10-13-5-7-18(23-3)16(20)11-13/h5-9,11,15,20H,4,10H2,1-3H3,(H,21,22). The minimum absolute atomic E-state index is 0.00186. The number of carboxylic acid groups (broad SMARTS) is 1. The van der Waals surface area contributed by atoms with Crippen LogP contribution in [-0.2, 0) is 11.2 Å². The van der Waals surface area contributed by atoms with Gasteiger partial charge in [-0.15, -0.1) is 0 Å². The SMILES string of the molecule is CCOc1ccc(C(Cc2ccc(OC)c(O)c2)C(=O)O)cc1C. The molecule has 2 aromatic carbocycles. The Hall–Kier alpha value is -2.69. The van der Waals surface area contributed by atoms with Gasteiger partial charge in [-0.05, 0) is 55.2 Å². The number of carbonyl (C=O) groups is 1. The maximum atomic E-state index is 11.7. The maximum Gasteiger partial charge on any atom is 0.311 e. The number of hydrogen-bond donors (Lipinski definition) is 2. The molecule has 0 spiro atoms. The Bertz CT molecular complexity index is 724. The van der Waals surface area contributed by atoms with Crippen molar-refractivity contribution >= 4 is 5.97 Å². The van der Waals surface area contributed by atoms with Gasteiger partial charge in [0.2, 0.25) is 0 Å². The van der Waals surface area contributed by atoms with Gasteiger partial charge in [-0.2, -0.15) is 0 Å². The number of aromatic hydroxyl groups is 1. The number of methoxy groups -OCH3 is 1. The normalized spacial score (nSPS) is 11.8. The first-order valence-electron chi connectivity index (χ1n) is 7.78. The number of rotatable bonds is 7. The number of aryl methyl sites for hydroxylation is 1. The van der Waals surface area contributed by atoms with Gasteiger partial charge in [0.15, 0.2) is 11.5 Å². The summed E-state index contributed by atoms with van der Waals surface area (Å²) in [5.74, 6) is -0.488. The molecule has 0 saturated carbocycles. The van der Waals surface area contributed by atoms with E-state index in [-0.39, 0.29) is 12.2 Å². The second-order valence-electron chi connectivity index (χ2n) is 5.56. The summed E-state index contributed by atoms with van der Waals surface area (Å²) >= 11 is 0. The topological polar surface area (TPSA) is 76.0 Å². The lowest BCUT2D eigenvalue weighted by molar-refractivity contribution is -0.138. The van der Waals surface area contributed by atoms with Crippen LogP contribution in [0.5, 0.6) is 17.2 Å². The molecule has 0 bridgehead atoms. The molecular weight excluding hydrogens is 308 g/mol. The fourth-order valence-corrected chi connectivity index (χ4v) is 2.65. The second-order valence-corrected chi connectivity index (χ2v) is 5.56. The molecule has 5 heteroatoms. The van der Waals surface area contributed by atoms with Gasteiger partial charge in [-0.1, -0.05) is 18.2 Å². The fraction of sp³-hybridized carbons (Fsp3) is 0.316. The maximum absolute atomic E-state index is 11.7. The summed E-state index contributed by atoms with van der Waals surface area (Å²) in [6.07, 6.45) is 0.278. The van der Waals surface area contributed by atoms with E-state index in [1.54, 1.807) is 24.3 Å². The highest BCUT2D eigenvalue weighted by atomic mass is 16.5. The lowest BCUT2D eigenvalue weighted by Crippen LogP contribution is -2.15. The molecule has 0 saturated heterocycles. The van der Waals surface area contributed by atoms with Gasteiger partial charge in [0.25, 0.3) is 0 Å². The highest BCUT2D eigenvalue weighted by Gasteiger charge is 2.21. The van der Waals surface area contributed by atoms with Crippen molar-refractivity contribution in [2.75, 3.05) is 13.7 Å². The lowest BCUT2D eigenvalue weighted by atomic mass is 9.91. The predicted octanol–water partition coefficient (Wildman–Crippen LogP) is 3.52. The summed E-state index contributed by atoms with van der Waals surface area (Å²) in [6.45, 7) is 4.36. The van der Waals surface area contributed by atoms with E-state index in [9.17, 15) is 15.0 Å². The van der Waals surface area contributed by atoms with E-state index in [4.69, 9.17) is 9.47 Å². The molecule has 0 fully saturated rings. The average Bonchev–Trinajstić information content (AvgIpc) is 2.54. The van der Waals surface area contributed by atoms with Crippen molar-refractivity contribution < 1.29 is 24.5 Å². The number of phenolic OH excluding ortho intramolecular Hbond substituents is 1. The van der Waals surface area contributed by atoms with Crippen LogP contribution in [0, 0.1) is 6.92 Å². The van der Waals surface area contributed by atoms with Gasteiger partial charge >= 0.3 is 5.97 Å². The summed E-state index contributed by atoms with van der Waals surface area (Å²) in [6, 6.07) is 10.3. The Balaban J connectivity index is 2.28. The van der Waals surface area contributed by atoms with Crippen LogP contribution >= 0.6 is 0 Å². The van der Waals surface area contributed by atoms with E-state index < -0.39 is 11.9 Å². The van der Waals surface area contributed by atoms with E-state index >= 15 is 0 Å². The second kappa shape index (κ2) is 7.73. The van der Waals surface area contributed by atoms with E-state index in [0.29, 0.717) is 17.9 Å². The van der Waals surface area contributed by atoms with Gasteiger partial charge in [-0.25, -0.2) is 0 Å². The van der Waals surface area contributed by atoms with Gasteiger partial charge in [0.1, 0.15) is 5.75 Å². The molecule has 1 atom stereocenters. The molecule has 1 unspecified atom stereocenters. The average molecular weight is 330 g/mol. The van der Waals surface area contributed by atoms with Crippen LogP contribution in [0.2, 0.25) is 0 Å².